The smallest absolute Gasteiger partial charge is 0.130 e. The van der Waals surface area contributed by atoms with E-state index in [0.29, 0.717) is 17.7 Å². The van der Waals surface area contributed by atoms with Crippen molar-refractivity contribution < 1.29 is 4.79 Å². The maximum Gasteiger partial charge on any atom is 0.130 e. The SMILES string of the molecule is CC(=O)CC1CN(C(C)C)C1. The molecule has 1 heterocycles. The molecule has 0 radical (unpaired) electrons. The first-order valence-corrected chi connectivity index (χ1v) is 4.33. The molecule has 0 aromatic rings. The zero-order chi connectivity index (χ0) is 8.43. The van der Waals surface area contributed by atoms with Gasteiger partial charge in [-0.2, -0.15) is 0 Å². The lowest BCUT2D eigenvalue weighted by molar-refractivity contribution is -0.119. The molecule has 0 aromatic carbocycles. The first-order chi connectivity index (χ1) is 5.09. The number of carbonyl (C=O) groups is 1. The fourth-order valence-electron chi connectivity index (χ4n) is 1.57. The molecule has 0 atom stereocenters. The van der Waals surface area contributed by atoms with Crippen molar-refractivity contribution in [2.24, 2.45) is 5.92 Å². The van der Waals surface area contributed by atoms with E-state index in [1.165, 1.54) is 0 Å². The first-order valence-electron chi connectivity index (χ1n) is 4.33. The van der Waals surface area contributed by atoms with Crippen molar-refractivity contribution >= 4 is 5.78 Å². The second kappa shape index (κ2) is 3.35. The third-order valence-electron chi connectivity index (χ3n) is 2.29. The summed E-state index contributed by atoms with van der Waals surface area (Å²) in [6, 6.07) is 0.651. The molecular formula is C9H17NO. The van der Waals surface area contributed by atoms with E-state index < -0.39 is 0 Å². The largest absolute Gasteiger partial charge is 0.300 e. The number of nitrogens with zero attached hydrogens (tertiary/aromatic N) is 1. The zero-order valence-electron chi connectivity index (χ0n) is 7.63. The van der Waals surface area contributed by atoms with Gasteiger partial charge in [-0.05, 0) is 26.7 Å². The molecule has 64 valence electrons. The van der Waals surface area contributed by atoms with Gasteiger partial charge in [-0.25, -0.2) is 0 Å². The van der Waals surface area contributed by atoms with Crippen molar-refractivity contribution in [3.8, 4) is 0 Å². The third-order valence-corrected chi connectivity index (χ3v) is 2.29. The van der Waals surface area contributed by atoms with Crippen LogP contribution >= 0.6 is 0 Å². The van der Waals surface area contributed by atoms with Gasteiger partial charge < -0.3 is 9.69 Å². The fourth-order valence-corrected chi connectivity index (χ4v) is 1.57. The van der Waals surface area contributed by atoms with Crippen molar-refractivity contribution in [1.29, 1.82) is 0 Å². The summed E-state index contributed by atoms with van der Waals surface area (Å²) >= 11 is 0. The van der Waals surface area contributed by atoms with E-state index in [-0.39, 0.29) is 0 Å². The van der Waals surface area contributed by atoms with E-state index in [1.807, 2.05) is 0 Å². The Balaban J connectivity index is 2.14. The minimum Gasteiger partial charge on any atom is -0.300 e. The molecule has 0 amide bonds. The average molecular weight is 155 g/mol. The molecule has 1 fully saturated rings. The highest BCUT2D eigenvalue weighted by atomic mass is 16.1. The van der Waals surface area contributed by atoms with Crippen LogP contribution in [0.5, 0.6) is 0 Å². The van der Waals surface area contributed by atoms with Gasteiger partial charge in [0, 0.05) is 25.6 Å². The number of likely N-dealkylation sites (tertiary alicyclic amines) is 1. The Labute approximate surface area is 68.6 Å². The molecule has 0 aromatic heterocycles. The summed E-state index contributed by atoms with van der Waals surface area (Å²) in [6.45, 7) is 8.32. The van der Waals surface area contributed by atoms with E-state index in [1.54, 1.807) is 6.92 Å². The Morgan fingerprint density at radius 3 is 2.45 bits per heavy atom. The van der Waals surface area contributed by atoms with Gasteiger partial charge in [-0.3, -0.25) is 0 Å². The Hall–Kier alpha value is -0.370. The second-order valence-corrected chi connectivity index (χ2v) is 3.82. The zero-order valence-corrected chi connectivity index (χ0v) is 7.63. The van der Waals surface area contributed by atoms with Crippen molar-refractivity contribution in [3.63, 3.8) is 0 Å². The molecule has 1 aliphatic rings. The van der Waals surface area contributed by atoms with Crippen molar-refractivity contribution in [3.05, 3.63) is 0 Å². The van der Waals surface area contributed by atoms with Crippen LogP contribution in [0.4, 0.5) is 0 Å². The lowest BCUT2D eigenvalue weighted by atomic mass is 9.93. The standard InChI is InChI=1S/C9H17NO/c1-7(2)10-5-9(6-10)4-8(3)11/h7,9H,4-6H2,1-3H3. The van der Waals surface area contributed by atoms with Crippen LogP contribution in [-0.4, -0.2) is 29.8 Å². The summed E-state index contributed by atoms with van der Waals surface area (Å²) in [4.78, 5) is 13.1. The van der Waals surface area contributed by atoms with Crippen LogP contribution in [0.3, 0.4) is 0 Å². The minimum atomic E-state index is 0.332. The van der Waals surface area contributed by atoms with Crippen LogP contribution in [0.25, 0.3) is 0 Å². The summed E-state index contributed by atoms with van der Waals surface area (Å²) in [5.41, 5.74) is 0. The molecule has 2 nitrogen and oxygen atoms in total. The summed E-state index contributed by atoms with van der Waals surface area (Å²) in [5, 5.41) is 0. The molecule has 0 bridgehead atoms. The molecule has 11 heavy (non-hydrogen) atoms. The number of carbonyl (C=O) groups excluding carboxylic acids is 1. The van der Waals surface area contributed by atoms with Gasteiger partial charge in [0.25, 0.3) is 0 Å². The quantitative estimate of drug-likeness (QED) is 0.612. The number of Topliss-reactive ketones (excluding diaryl/α,β-unsaturated/α-hetero) is 1. The lowest BCUT2D eigenvalue weighted by Crippen LogP contribution is -2.50. The molecule has 0 unspecified atom stereocenters. The number of rotatable bonds is 3. The third kappa shape index (κ3) is 2.29. The molecule has 1 saturated heterocycles. The molecule has 1 rings (SSSR count). The number of hydrogen-bond donors (Lipinski definition) is 0. The van der Waals surface area contributed by atoms with Gasteiger partial charge in [-0.1, -0.05) is 0 Å². The van der Waals surface area contributed by atoms with Gasteiger partial charge in [-0.15, -0.1) is 0 Å². The number of ketones is 1. The van der Waals surface area contributed by atoms with Gasteiger partial charge >= 0.3 is 0 Å². The van der Waals surface area contributed by atoms with Crippen LogP contribution < -0.4 is 0 Å². The second-order valence-electron chi connectivity index (χ2n) is 3.82. The van der Waals surface area contributed by atoms with Gasteiger partial charge in [0.15, 0.2) is 0 Å². The van der Waals surface area contributed by atoms with E-state index in [4.69, 9.17) is 0 Å². The molecule has 0 aliphatic carbocycles. The van der Waals surface area contributed by atoms with Crippen LogP contribution in [0.2, 0.25) is 0 Å². The van der Waals surface area contributed by atoms with Crippen LogP contribution in [0, 0.1) is 5.92 Å². The van der Waals surface area contributed by atoms with Crippen molar-refractivity contribution in [1.82, 2.24) is 4.90 Å². The Morgan fingerprint density at radius 2 is 2.09 bits per heavy atom. The van der Waals surface area contributed by atoms with Crippen LogP contribution in [-0.2, 0) is 4.79 Å². The van der Waals surface area contributed by atoms with Gasteiger partial charge in [0.2, 0.25) is 0 Å². The molecule has 1 aliphatic heterocycles. The lowest BCUT2D eigenvalue weighted by Gasteiger charge is -2.41. The van der Waals surface area contributed by atoms with E-state index >= 15 is 0 Å². The monoisotopic (exact) mass is 155 g/mol. The number of hydrogen-bond acceptors (Lipinski definition) is 2. The topological polar surface area (TPSA) is 20.3 Å². The molecule has 0 spiro atoms. The minimum absolute atomic E-state index is 0.332. The average Bonchev–Trinajstić information content (AvgIpc) is 1.75. The molecule has 0 N–H and O–H groups in total. The van der Waals surface area contributed by atoms with Gasteiger partial charge in [0.1, 0.15) is 5.78 Å². The summed E-state index contributed by atoms with van der Waals surface area (Å²) in [6.07, 6.45) is 0.781. The fraction of sp³-hybridized carbons (Fsp3) is 0.889. The van der Waals surface area contributed by atoms with E-state index in [0.717, 1.165) is 19.5 Å². The Morgan fingerprint density at radius 1 is 1.55 bits per heavy atom. The van der Waals surface area contributed by atoms with Crippen molar-refractivity contribution in [2.45, 2.75) is 33.2 Å². The predicted octanol–water partition coefficient (Wildman–Crippen LogP) is 1.31. The van der Waals surface area contributed by atoms with Crippen LogP contribution in [0.15, 0.2) is 0 Å². The summed E-state index contributed by atoms with van der Waals surface area (Å²) in [7, 11) is 0. The normalized spacial score (nSPS) is 20.4. The Bertz CT molecular complexity index is 148. The molecular weight excluding hydrogens is 138 g/mol. The first kappa shape index (κ1) is 8.72. The van der Waals surface area contributed by atoms with Crippen molar-refractivity contribution in [2.75, 3.05) is 13.1 Å². The molecule has 2 heteroatoms. The summed E-state index contributed by atoms with van der Waals surface area (Å²) < 4.78 is 0. The highest BCUT2D eigenvalue weighted by Crippen LogP contribution is 2.21. The summed E-state index contributed by atoms with van der Waals surface area (Å²) in [5.74, 6) is 0.980. The highest BCUT2D eigenvalue weighted by molar-refractivity contribution is 5.75. The van der Waals surface area contributed by atoms with E-state index in [2.05, 4.69) is 18.7 Å². The van der Waals surface area contributed by atoms with E-state index in [9.17, 15) is 4.79 Å². The molecule has 0 saturated carbocycles. The van der Waals surface area contributed by atoms with Crippen LogP contribution in [0.1, 0.15) is 27.2 Å². The van der Waals surface area contributed by atoms with Gasteiger partial charge in [0.05, 0.1) is 0 Å². The maximum absolute atomic E-state index is 10.7. The Kier molecular flexibility index (Phi) is 2.66. The predicted molar refractivity (Wildman–Crippen MR) is 45.5 cm³/mol. The highest BCUT2D eigenvalue weighted by Gasteiger charge is 2.28. The maximum atomic E-state index is 10.7.